The van der Waals surface area contributed by atoms with Gasteiger partial charge in [-0.1, -0.05) is 32.9 Å². The van der Waals surface area contributed by atoms with E-state index >= 15 is 0 Å². The summed E-state index contributed by atoms with van der Waals surface area (Å²) in [5.74, 6) is -1.25. The summed E-state index contributed by atoms with van der Waals surface area (Å²) in [6.07, 6.45) is 0. The zero-order chi connectivity index (χ0) is 19.8. The summed E-state index contributed by atoms with van der Waals surface area (Å²) in [6, 6.07) is 10.1. The monoisotopic (exact) mass is 369 g/mol. The van der Waals surface area contributed by atoms with E-state index in [0.717, 1.165) is 43.1 Å². The minimum Gasteiger partial charge on any atom is -0.507 e. The lowest BCUT2D eigenvalue weighted by molar-refractivity contribution is 0.0692. The second-order valence-electron chi connectivity index (χ2n) is 8.02. The molecule has 5 nitrogen and oxygen atoms in total. The predicted molar refractivity (Wildman–Crippen MR) is 107 cm³/mol. The Morgan fingerprint density at radius 2 is 1.70 bits per heavy atom. The first kappa shape index (κ1) is 19.2. The summed E-state index contributed by atoms with van der Waals surface area (Å²) in [4.78, 5) is 14.1. The first-order valence-electron chi connectivity index (χ1n) is 9.23. The molecule has 0 bridgehead atoms. The molecule has 0 spiro atoms. The molecule has 2 aromatic rings. The summed E-state index contributed by atoms with van der Waals surface area (Å²) in [5.41, 5.74) is 3.73. The molecule has 0 atom stereocenters. The summed E-state index contributed by atoms with van der Waals surface area (Å²) < 4.78 is 5.40. The average molecular weight is 369 g/mol. The smallest absolute Gasteiger partial charge is 0.339 e. The van der Waals surface area contributed by atoms with Gasteiger partial charge in [-0.2, -0.15) is 0 Å². The Hall–Kier alpha value is -2.53. The Morgan fingerprint density at radius 1 is 1.11 bits per heavy atom. The van der Waals surface area contributed by atoms with Gasteiger partial charge in [-0.15, -0.1) is 0 Å². The van der Waals surface area contributed by atoms with Crippen molar-refractivity contribution in [3.8, 4) is 16.9 Å². The number of phenols is 1. The summed E-state index contributed by atoms with van der Waals surface area (Å²) >= 11 is 0. The van der Waals surface area contributed by atoms with Gasteiger partial charge >= 0.3 is 5.97 Å². The van der Waals surface area contributed by atoms with Crippen LogP contribution in [-0.2, 0) is 10.2 Å². The van der Waals surface area contributed by atoms with Crippen LogP contribution in [0.2, 0.25) is 0 Å². The fraction of sp³-hybridized carbons (Fsp3) is 0.409. The number of hydrogen-bond donors (Lipinski definition) is 2. The molecule has 0 aliphatic carbocycles. The van der Waals surface area contributed by atoms with Crippen molar-refractivity contribution in [2.24, 2.45) is 0 Å². The van der Waals surface area contributed by atoms with E-state index < -0.39 is 5.97 Å². The maximum Gasteiger partial charge on any atom is 0.339 e. The van der Waals surface area contributed by atoms with Crippen molar-refractivity contribution in [3.05, 3.63) is 47.0 Å². The maximum atomic E-state index is 11.8. The molecule has 0 amide bonds. The minimum absolute atomic E-state index is 0.0188. The highest BCUT2D eigenvalue weighted by atomic mass is 16.5. The number of hydrogen-bond acceptors (Lipinski definition) is 4. The van der Waals surface area contributed by atoms with Crippen LogP contribution in [0.25, 0.3) is 11.1 Å². The second-order valence-corrected chi connectivity index (χ2v) is 8.02. The second kappa shape index (κ2) is 7.24. The van der Waals surface area contributed by atoms with E-state index in [4.69, 9.17) is 4.74 Å². The van der Waals surface area contributed by atoms with Crippen molar-refractivity contribution < 1.29 is 19.7 Å². The highest BCUT2D eigenvalue weighted by Gasteiger charge is 2.27. The van der Waals surface area contributed by atoms with Gasteiger partial charge in [0.15, 0.2) is 0 Å². The van der Waals surface area contributed by atoms with E-state index in [1.807, 2.05) is 39.0 Å². The Balaban J connectivity index is 2.08. The molecule has 0 radical (unpaired) electrons. The predicted octanol–water partition coefficient (Wildman–Crippen LogP) is 4.20. The molecule has 5 heteroatoms. The fourth-order valence-electron chi connectivity index (χ4n) is 3.57. The van der Waals surface area contributed by atoms with Crippen molar-refractivity contribution in [2.45, 2.75) is 33.1 Å². The molecule has 1 fully saturated rings. The fourth-order valence-corrected chi connectivity index (χ4v) is 3.57. The van der Waals surface area contributed by atoms with Gasteiger partial charge in [0, 0.05) is 24.3 Å². The molecule has 1 aliphatic rings. The summed E-state index contributed by atoms with van der Waals surface area (Å²) in [5, 5.41) is 20.2. The van der Waals surface area contributed by atoms with Crippen LogP contribution in [0.4, 0.5) is 5.69 Å². The molecule has 27 heavy (non-hydrogen) atoms. The SMILES string of the molecule is Cc1c(-c2ccc(N3CCOCC3)cc2)cc(C(C)(C)C)c(O)c1C(=O)O. The molecule has 3 rings (SSSR count). The van der Waals surface area contributed by atoms with Crippen molar-refractivity contribution >= 4 is 11.7 Å². The molecule has 0 unspecified atom stereocenters. The van der Waals surface area contributed by atoms with Crippen LogP contribution in [0.3, 0.4) is 0 Å². The highest BCUT2D eigenvalue weighted by Crippen LogP contribution is 2.40. The molecular weight excluding hydrogens is 342 g/mol. The lowest BCUT2D eigenvalue weighted by Crippen LogP contribution is -2.36. The lowest BCUT2D eigenvalue weighted by Gasteiger charge is -2.29. The van der Waals surface area contributed by atoms with E-state index in [9.17, 15) is 15.0 Å². The van der Waals surface area contributed by atoms with Crippen LogP contribution in [-0.4, -0.2) is 42.5 Å². The topological polar surface area (TPSA) is 70.0 Å². The first-order valence-corrected chi connectivity index (χ1v) is 9.23. The first-order chi connectivity index (χ1) is 12.7. The van der Waals surface area contributed by atoms with Crippen molar-refractivity contribution in [1.82, 2.24) is 0 Å². The average Bonchev–Trinajstić information content (AvgIpc) is 2.61. The molecule has 2 N–H and O–H groups in total. The van der Waals surface area contributed by atoms with Crippen LogP contribution in [0, 0.1) is 6.92 Å². The summed E-state index contributed by atoms with van der Waals surface area (Å²) in [7, 11) is 0. The lowest BCUT2D eigenvalue weighted by atomic mass is 9.81. The van der Waals surface area contributed by atoms with Crippen LogP contribution in [0.15, 0.2) is 30.3 Å². The third-order valence-corrected chi connectivity index (χ3v) is 5.14. The summed E-state index contributed by atoms with van der Waals surface area (Å²) in [6.45, 7) is 10.9. The van der Waals surface area contributed by atoms with Crippen LogP contribution in [0.5, 0.6) is 5.75 Å². The molecule has 144 valence electrons. The molecule has 1 aliphatic heterocycles. The number of carboxylic acids is 1. The quantitative estimate of drug-likeness (QED) is 0.848. The number of nitrogens with zero attached hydrogens (tertiary/aromatic N) is 1. The Bertz CT molecular complexity index is 844. The Kier molecular flexibility index (Phi) is 5.16. The number of benzene rings is 2. The van der Waals surface area contributed by atoms with E-state index in [2.05, 4.69) is 17.0 Å². The normalized spacial score (nSPS) is 15.0. The van der Waals surface area contributed by atoms with E-state index in [1.165, 1.54) is 0 Å². The number of carboxylic acid groups (broad SMARTS) is 1. The van der Waals surface area contributed by atoms with Crippen molar-refractivity contribution in [2.75, 3.05) is 31.2 Å². The number of carbonyl (C=O) groups is 1. The largest absolute Gasteiger partial charge is 0.507 e. The van der Waals surface area contributed by atoms with Crippen LogP contribution in [0.1, 0.15) is 42.3 Å². The Labute approximate surface area is 160 Å². The van der Waals surface area contributed by atoms with E-state index in [-0.39, 0.29) is 16.7 Å². The number of aromatic carboxylic acids is 1. The zero-order valence-corrected chi connectivity index (χ0v) is 16.4. The van der Waals surface area contributed by atoms with Crippen molar-refractivity contribution in [3.63, 3.8) is 0 Å². The Morgan fingerprint density at radius 3 is 2.22 bits per heavy atom. The van der Waals surface area contributed by atoms with Gasteiger partial charge < -0.3 is 19.8 Å². The number of rotatable bonds is 3. The standard InChI is InChI=1S/C22H27NO4/c1-14-17(13-18(22(2,3)4)20(24)19(14)21(25)26)15-5-7-16(8-6-15)23-9-11-27-12-10-23/h5-8,13,24H,9-12H2,1-4H3,(H,25,26). The maximum absolute atomic E-state index is 11.8. The molecule has 0 aromatic heterocycles. The van der Waals surface area contributed by atoms with Gasteiger partial charge in [-0.05, 0) is 47.2 Å². The van der Waals surface area contributed by atoms with E-state index in [1.54, 1.807) is 6.92 Å². The zero-order valence-electron chi connectivity index (χ0n) is 16.4. The van der Waals surface area contributed by atoms with E-state index in [0.29, 0.717) is 11.1 Å². The van der Waals surface area contributed by atoms with Gasteiger partial charge in [0.25, 0.3) is 0 Å². The van der Waals surface area contributed by atoms with Crippen LogP contribution >= 0.6 is 0 Å². The third-order valence-electron chi connectivity index (χ3n) is 5.14. The van der Waals surface area contributed by atoms with Crippen LogP contribution < -0.4 is 4.90 Å². The third kappa shape index (κ3) is 3.78. The minimum atomic E-state index is -1.11. The number of ether oxygens (including phenoxy) is 1. The van der Waals surface area contributed by atoms with Crippen molar-refractivity contribution in [1.29, 1.82) is 0 Å². The van der Waals surface area contributed by atoms with Gasteiger partial charge in [0.05, 0.1) is 13.2 Å². The molecule has 2 aromatic carbocycles. The number of aromatic hydroxyl groups is 1. The molecule has 0 saturated carbocycles. The molecule has 1 heterocycles. The highest BCUT2D eigenvalue weighted by molar-refractivity contribution is 5.96. The molecular formula is C22H27NO4. The van der Waals surface area contributed by atoms with Gasteiger partial charge in [0.1, 0.15) is 11.3 Å². The number of morpholine rings is 1. The van der Waals surface area contributed by atoms with Gasteiger partial charge in [0.2, 0.25) is 0 Å². The van der Waals surface area contributed by atoms with Gasteiger partial charge in [-0.3, -0.25) is 0 Å². The number of anilines is 1. The molecule has 1 saturated heterocycles. The van der Waals surface area contributed by atoms with Gasteiger partial charge in [-0.25, -0.2) is 4.79 Å².